The van der Waals surface area contributed by atoms with E-state index in [1.54, 1.807) is 11.4 Å². The molecule has 3 nitrogen and oxygen atoms in total. The Labute approximate surface area is 65.4 Å². The lowest BCUT2D eigenvalue weighted by Crippen LogP contribution is -1.85. The fourth-order valence-corrected chi connectivity index (χ4v) is 3.20. The van der Waals surface area contributed by atoms with E-state index in [0.717, 1.165) is 12.4 Å². The summed E-state index contributed by atoms with van der Waals surface area (Å²) in [5.41, 5.74) is 0. The van der Waals surface area contributed by atoms with E-state index >= 15 is 0 Å². The molecule has 0 spiro atoms. The van der Waals surface area contributed by atoms with Gasteiger partial charge in [0.2, 0.25) is 7.58 Å². The van der Waals surface area contributed by atoms with Gasteiger partial charge in [0.15, 0.2) is 0 Å². The highest BCUT2D eigenvalue weighted by Gasteiger charge is 2.17. The Morgan fingerprint density at radius 3 is 3.30 bits per heavy atom. The third-order valence-electron chi connectivity index (χ3n) is 0.887. The van der Waals surface area contributed by atoms with E-state index in [4.69, 9.17) is 14.3 Å². The molecule has 5 heteroatoms. The Kier molecular flexibility index (Phi) is 4.08. The molecule has 10 heavy (non-hydrogen) atoms. The maximum atomic E-state index is 8.17. The van der Waals surface area contributed by atoms with Gasteiger partial charge in [-0.15, -0.1) is 0 Å². The van der Waals surface area contributed by atoms with Crippen LogP contribution in [0.25, 0.3) is 0 Å². The lowest BCUT2D eigenvalue weighted by atomic mass is 10.5. The molecule has 1 rings (SSSR count). The molecule has 56 valence electrons. The highest BCUT2D eigenvalue weighted by molar-refractivity contribution is 8.53. The normalized spacial score (nSPS) is 24.5. The van der Waals surface area contributed by atoms with E-state index in [1.165, 1.54) is 0 Å². The summed E-state index contributed by atoms with van der Waals surface area (Å²) in [6.07, 6.45) is 0.461. The predicted molar refractivity (Wildman–Crippen MR) is 41.5 cm³/mol. The molecule has 0 aromatic heterocycles. The van der Waals surface area contributed by atoms with Gasteiger partial charge in [0, 0.05) is 5.75 Å². The van der Waals surface area contributed by atoms with Crippen LogP contribution in [-0.4, -0.2) is 19.0 Å². The Hall–Kier alpha value is 0.190. The van der Waals surface area contributed by atoms with Gasteiger partial charge < -0.3 is 9.05 Å². The molecule has 1 atom stereocenters. The molecule has 1 saturated heterocycles. The fourth-order valence-electron chi connectivity index (χ4n) is 0.501. The van der Waals surface area contributed by atoms with Gasteiger partial charge in [-0.05, 0) is 0 Å². The average molecular weight is 177 g/mol. The molecule has 1 aliphatic heterocycles. The van der Waals surface area contributed by atoms with Crippen LogP contribution >= 0.6 is 19.0 Å². The van der Waals surface area contributed by atoms with E-state index in [-0.39, 0.29) is 0 Å². The van der Waals surface area contributed by atoms with Crippen molar-refractivity contribution in [1.29, 1.82) is 5.26 Å². The molecular weight excluding hydrogens is 169 g/mol. The topological polar surface area (TPSA) is 42.2 Å². The average Bonchev–Trinajstić information content (AvgIpc) is 2.41. The second-order valence-corrected chi connectivity index (χ2v) is 4.93. The van der Waals surface area contributed by atoms with Crippen molar-refractivity contribution >= 4 is 19.0 Å². The summed E-state index contributed by atoms with van der Waals surface area (Å²) in [4.78, 5) is 0. The zero-order valence-electron chi connectivity index (χ0n) is 5.45. The highest BCUT2D eigenvalue weighted by Crippen LogP contribution is 2.55. The predicted octanol–water partition coefficient (Wildman–Crippen LogP) is 1.91. The first-order valence-electron chi connectivity index (χ1n) is 2.99. The lowest BCUT2D eigenvalue weighted by molar-refractivity contribution is 0.284. The molecule has 0 bridgehead atoms. The summed E-state index contributed by atoms with van der Waals surface area (Å²) in [5, 5.41) is 8.17. The van der Waals surface area contributed by atoms with Crippen LogP contribution in [0.1, 0.15) is 6.42 Å². The summed E-state index contributed by atoms with van der Waals surface area (Å²) < 4.78 is 10.4. The van der Waals surface area contributed by atoms with Crippen molar-refractivity contribution in [1.82, 2.24) is 0 Å². The van der Waals surface area contributed by atoms with Crippen molar-refractivity contribution < 1.29 is 9.05 Å². The lowest BCUT2D eigenvalue weighted by Gasteiger charge is -2.04. The Morgan fingerprint density at radius 2 is 2.70 bits per heavy atom. The second-order valence-electron chi connectivity index (χ2n) is 1.63. The summed E-state index contributed by atoms with van der Waals surface area (Å²) in [6.45, 7) is 1.30. The monoisotopic (exact) mass is 177 g/mol. The zero-order chi connectivity index (χ0) is 7.23. The van der Waals surface area contributed by atoms with Gasteiger partial charge in [0.1, 0.15) is 0 Å². The van der Waals surface area contributed by atoms with Crippen LogP contribution in [0.15, 0.2) is 0 Å². The van der Waals surface area contributed by atoms with Crippen molar-refractivity contribution in [2.45, 2.75) is 6.42 Å². The van der Waals surface area contributed by atoms with Crippen LogP contribution in [0, 0.1) is 11.3 Å². The quantitative estimate of drug-likeness (QED) is 0.487. The molecule has 0 radical (unpaired) electrons. The van der Waals surface area contributed by atoms with Crippen LogP contribution in [0.5, 0.6) is 0 Å². The molecule has 1 heterocycles. The molecule has 0 aromatic rings. The van der Waals surface area contributed by atoms with Crippen molar-refractivity contribution in [2.75, 3.05) is 19.0 Å². The maximum Gasteiger partial charge on any atom is 0.238 e. The number of nitriles is 1. The first-order chi connectivity index (χ1) is 4.93. The van der Waals surface area contributed by atoms with Gasteiger partial charge in [-0.2, -0.15) is 5.26 Å². The van der Waals surface area contributed by atoms with Crippen molar-refractivity contribution in [3.8, 4) is 6.07 Å². The maximum absolute atomic E-state index is 8.17. The van der Waals surface area contributed by atoms with E-state index in [9.17, 15) is 0 Å². The van der Waals surface area contributed by atoms with Crippen LogP contribution < -0.4 is 0 Å². The molecule has 0 aromatic carbocycles. The third-order valence-corrected chi connectivity index (χ3v) is 4.05. The Balaban J connectivity index is 1.97. The minimum atomic E-state index is -0.691. The Morgan fingerprint density at radius 1 is 1.80 bits per heavy atom. The molecule has 1 fully saturated rings. The van der Waals surface area contributed by atoms with Gasteiger partial charge in [-0.3, -0.25) is 0 Å². The van der Waals surface area contributed by atoms with Gasteiger partial charge in [0.25, 0.3) is 0 Å². The summed E-state index contributed by atoms with van der Waals surface area (Å²) >= 11 is 1.70. The van der Waals surface area contributed by atoms with E-state index in [1.807, 2.05) is 6.07 Å². The van der Waals surface area contributed by atoms with Crippen LogP contribution in [0.3, 0.4) is 0 Å². The van der Waals surface area contributed by atoms with E-state index in [0.29, 0.717) is 13.0 Å². The van der Waals surface area contributed by atoms with Crippen molar-refractivity contribution in [3.05, 3.63) is 0 Å². The van der Waals surface area contributed by atoms with Gasteiger partial charge in [-0.1, -0.05) is 11.4 Å². The largest absolute Gasteiger partial charge is 0.325 e. The summed E-state index contributed by atoms with van der Waals surface area (Å²) in [5.74, 6) is 1.03. The van der Waals surface area contributed by atoms with Crippen molar-refractivity contribution in [3.63, 3.8) is 0 Å². The molecule has 0 aliphatic carbocycles. The summed E-state index contributed by atoms with van der Waals surface area (Å²) in [7, 11) is -0.691. The van der Waals surface area contributed by atoms with E-state index in [2.05, 4.69) is 0 Å². The minimum absolute atomic E-state index is 0.461. The molecule has 0 N–H and O–H groups in total. The molecule has 0 amide bonds. The van der Waals surface area contributed by atoms with Gasteiger partial charge in [0.05, 0.1) is 25.7 Å². The third kappa shape index (κ3) is 2.85. The number of rotatable bonds is 3. The molecular formula is C5H8NO2PS. The number of hydrogen-bond donors (Lipinski definition) is 0. The standard InChI is InChI=1S/C5H8NO2PS/c6-2-1-3-7-9-8-4-5-10-9/h1,3-5H2. The first-order valence-corrected chi connectivity index (χ1v) is 5.76. The van der Waals surface area contributed by atoms with Crippen molar-refractivity contribution in [2.24, 2.45) is 0 Å². The van der Waals surface area contributed by atoms with Crippen LogP contribution in [-0.2, 0) is 9.05 Å². The van der Waals surface area contributed by atoms with Gasteiger partial charge >= 0.3 is 0 Å². The van der Waals surface area contributed by atoms with Gasteiger partial charge in [-0.25, -0.2) is 0 Å². The number of nitrogens with zero attached hydrogens (tertiary/aromatic N) is 1. The van der Waals surface area contributed by atoms with Crippen LogP contribution in [0.4, 0.5) is 0 Å². The highest BCUT2D eigenvalue weighted by atomic mass is 32.7. The Bertz CT molecular complexity index is 132. The molecule has 1 aliphatic rings. The SMILES string of the molecule is N#CCCOP1OCCS1. The first kappa shape index (κ1) is 8.29. The van der Waals surface area contributed by atoms with E-state index < -0.39 is 7.58 Å². The fraction of sp³-hybridized carbons (Fsp3) is 0.800. The second kappa shape index (κ2) is 4.92. The smallest absolute Gasteiger partial charge is 0.238 e. The number of hydrogen-bond acceptors (Lipinski definition) is 4. The zero-order valence-corrected chi connectivity index (χ0v) is 7.16. The molecule has 1 unspecified atom stereocenters. The summed E-state index contributed by atoms with van der Waals surface area (Å²) in [6, 6.07) is 2.01. The van der Waals surface area contributed by atoms with Crippen LogP contribution in [0.2, 0.25) is 0 Å². The minimum Gasteiger partial charge on any atom is -0.325 e. The molecule has 0 saturated carbocycles.